The number of esters is 1. The molecule has 158 valence electrons. The van der Waals surface area contributed by atoms with Crippen molar-refractivity contribution in [2.75, 3.05) is 18.0 Å². The van der Waals surface area contributed by atoms with Crippen molar-refractivity contribution in [1.29, 1.82) is 5.26 Å². The molecule has 0 N–H and O–H groups in total. The van der Waals surface area contributed by atoms with Crippen LogP contribution in [0.1, 0.15) is 45.6 Å². The Bertz CT molecular complexity index is 1130. The summed E-state index contributed by atoms with van der Waals surface area (Å²) in [6.07, 6.45) is 2.55. The van der Waals surface area contributed by atoms with Gasteiger partial charge in [-0.2, -0.15) is 5.26 Å². The molecular formula is C23H26BrN3O3. The number of benzene rings is 1. The molecule has 1 saturated carbocycles. The van der Waals surface area contributed by atoms with Gasteiger partial charge < -0.3 is 14.2 Å². The maximum Gasteiger partial charge on any atom is 0.309 e. The van der Waals surface area contributed by atoms with Gasteiger partial charge in [0.15, 0.2) is 0 Å². The molecule has 0 unspecified atom stereocenters. The van der Waals surface area contributed by atoms with Crippen LogP contribution in [0.5, 0.6) is 0 Å². The smallest absolute Gasteiger partial charge is 0.309 e. The maximum atomic E-state index is 12.9. The van der Waals surface area contributed by atoms with Crippen LogP contribution in [0.4, 0.5) is 5.69 Å². The van der Waals surface area contributed by atoms with Crippen molar-refractivity contribution in [3.05, 3.63) is 38.6 Å². The molecule has 4 rings (SSSR count). The molecule has 2 aliphatic rings. The van der Waals surface area contributed by atoms with Gasteiger partial charge in [0.2, 0.25) is 0 Å². The van der Waals surface area contributed by atoms with E-state index >= 15 is 0 Å². The van der Waals surface area contributed by atoms with Gasteiger partial charge in [0.1, 0.15) is 17.2 Å². The average Bonchev–Trinajstić information content (AvgIpc) is 3.07. The first-order chi connectivity index (χ1) is 14.0. The summed E-state index contributed by atoms with van der Waals surface area (Å²) in [5.74, 6) is -0.177. The summed E-state index contributed by atoms with van der Waals surface area (Å²) in [6.45, 7) is 7.19. The van der Waals surface area contributed by atoms with E-state index in [1.807, 2.05) is 39.0 Å². The summed E-state index contributed by atoms with van der Waals surface area (Å²) >= 11 is 3.48. The Labute approximate surface area is 184 Å². The maximum absolute atomic E-state index is 12.9. The molecule has 1 aromatic heterocycles. The van der Waals surface area contributed by atoms with Gasteiger partial charge in [-0.25, -0.2) is 0 Å². The Morgan fingerprint density at radius 2 is 2.03 bits per heavy atom. The van der Waals surface area contributed by atoms with Gasteiger partial charge in [0.25, 0.3) is 5.56 Å². The quantitative estimate of drug-likeness (QED) is 0.615. The minimum absolute atomic E-state index is 0.0526. The van der Waals surface area contributed by atoms with E-state index in [4.69, 9.17) is 4.74 Å². The lowest BCUT2D eigenvalue weighted by molar-refractivity contribution is -0.167. The monoisotopic (exact) mass is 471 g/mol. The number of nitriles is 1. The number of fused-ring (bicyclic) bond motifs is 1. The third-order valence-electron chi connectivity index (χ3n) is 6.30. The number of hydrogen-bond acceptors (Lipinski definition) is 5. The number of rotatable bonds is 2. The number of nitrogens with zero attached hydrogens (tertiary/aromatic N) is 3. The van der Waals surface area contributed by atoms with E-state index in [9.17, 15) is 14.9 Å². The zero-order chi connectivity index (χ0) is 21.8. The Balaban J connectivity index is 1.63. The molecular weight excluding hydrogens is 446 g/mol. The highest BCUT2D eigenvalue weighted by molar-refractivity contribution is 9.10. The van der Waals surface area contributed by atoms with E-state index in [0.29, 0.717) is 0 Å². The van der Waals surface area contributed by atoms with Gasteiger partial charge in [0.05, 0.1) is 17.1 Å². The van der Waals surface area contributed by atoms with Crippen LogP contribution in [-0.4, -0.2) is 29.2 Å². The van der Waals surface area contributed by atoms with Crippen molar-refractivity contribution in [3.8, 4) is 6.07 Å². The molecule has 1 aliphatic heterocycles. The van der Waals surface area contributed by atoms with E-state index in [1.165, 1.54) is 4.57 Å². The number of aromatic nitrogens is 1. The lowest BCUT2D eigenvalue weighted by Gasteiger charge is -2.44. The predicted molar refractivity (Wildman–Crippen MR) is 119 cm³/mol. The second-order valence-electron chi connectivity index (χ2n) is 9.67. The number of carbonyl (C=O) groups excluding carboxylic acids is 1. The summed E-state index contributed by atoms with van der Waals surface area (Å²) in [7, 11) is 1.70. The Morgan fingerprint density at radius 1 is 1.33 bits per heavy atom. The normalized spacial score (nSPS) is 23.5. The number of hydrogen-bond donors (Lipinski definition) is 0. The van der Waals surface area contributed by atoms with Gasteiger partial charge in [-0.05, 0) is 63.6 Å². The molecule has 0 amide bonds. The molecule has 0 bridgehead atoms. The minimum atomic E-state index is -0.472. The van der Waals surface area contributed by atoms with Crippen molar-refractivity contribution >= 4 is 38.5 Å². The number of carbonyl (C=O) groups is 1. The molecule has 1 spiro atoms. The number of pyridine rings is 1. The van der Waals surface area contributed by atoms with E-state index in [0.717, 1.165) is 53.4 Å². The third kappa shape index (κ3) is 3.51. The third-order valence-corrected chi connectivity index (χ3v) is 6.79. The van der Waals surface area contributed by atoms with Crippen LogP contribution in [0.25, 0.3) is 10.9 Å². The molecule has 0 radical (unpaired) electrons. The van der Waals surface area contributed by atoms with Crippen LogP contribution in [0.3, 0.4) is 0 Å². The van der Waals surface area contributed by atoms with Crippen LogP contribution in [0.2, 0.25) is 0 Å². The first-order valence-electron chi connectivity index (χ1n) is 10.2. The average molecular weight is 472 g/mol. The van der Waals surface area contributed by atoms with Crippen molar-refractivity contribution in [2.24, 2.45) is 18.4 Å². The molecule has 1 aromatic carbocycles. The van der Waals surface area contributed by atoms with Crippen molar-refractivity contribution in [2.45, 2.75) is 45.6 Å². The fourth-order valence-electron chi connectivity index (χ4n) is 4.92. The lowest BCUT2D eigenvalue weighted by atomic mass is 9.61. The largest absolute Gasteiger partial charge is 0.460 e. The highest BCUT2D eigenvalue weighted by atomic mass is 79.9. The Morgan fingerprint density at radius 3 is 2.67 bits per heavy atom. The van der Waals surface area contributed by atoms with Crippen LogP contribution in [-0.2, 0) is 16.6 Å². The zero-order valence-corrected chi connectivity index (χ0v) is 19.4. The van der Waals surface area contributed by atoms with Crippen LogP contribution < -0.4 is 10.5 Å². The topological polar surface area (TPSA) is 75.3 Å². The highest BCUT2D eigenvalue weighted by Crippen LogP contribution is 2.53. The summed E-state index contributed by atoms with van der Waals surface area (Å²) in [6, 6.07) is 7.95. The van der Waals surface area contributed by atoms with E-state index in [-0.39, 0.29) is 28.4 Å². The molecule has 0 atom stereocenters. The van der Waals surface area contributed by atoms with Crippen molar-refractivity contribution in [1.82, 2.24) is 4.57 Å². The fourth-order valence-corrected chi connectivity index (χ4v) is 5.27. The predicted octanol–water partition coefficient (Wildman–Crippen LogP) is 4.12. The second-order valence-corrected chi connectivity index (χ2v) is 10.6. The SMILES string of the molecule is Cn1c(=O)c(C#N)c(N2CCC3(CC(C(=O)OC(C)(C)C)C3)C2)c2ccc(Br)cc21. The lowest BCUT2D eigenvalue weighted by Crippen LogP contribution is -2.45. The summed E-state index contributed by atoms with van der Waals surface area (Å²) in [4.78, 5) is 27.4. The number of aryl methyl sites for hydroxylation is 1. The van der Waals surface area contributed by atoms with Gasteiger partial charge in [-0.3, -0.25) is 9.59 Å². The molecule has 2 fully saturated rings. The molecule has 6 nitrogen and oxygen atoms in total. The van der Waals surface area contributed by atoms with Gasteiger partial charge in [-0.1, -0.05) is 15.9 Å². The minimum Gasteiger partial charge on any atom is -0.460 e. The second kappa shape index (κ2) is 7.12. The molecule has 2 heterocycles. The Hall–Kier alpha value is -2.33. The first-order valence-corrected chi connectivity index (χ1v) is 11.0. The molecule has 1 aliphatic carbocycles. The standard InChI is InChI=1S/C23H26BrN3O3/c1-22(2,3)30-21(29)14-10-23(11-14)7-8-27(13-23)19-16-6-5-15(24)9-18(16)26(4)20(28)17(19)12-25/h5-6,9,14H,7-8,10-11,13H2,1-4H3. The van der Waals surface area contributed by atoms with Crippen LogP contribution >= 0.6 is 15.9 Å². The fraction of sp³-hybridized carbons (Fsp3) is 0.522. The highest BCUT2D eigenvalue weighted by Gasteiger charge is 2.52. The molecule has 2 aromatic rings. The van der Waals surface area contributed by atoms with E-state index in [1.54, 1.807) is 7.05 Å². The summed E-state index contributed by atoms with van der Waals surface area (Å²) in [5, 5.41) is 10.7. The summed E-state index contributed by atoms with van der Waals surface area (Å²) in [5.41, 5.74) is 1.01. The number of anilines is 1. The van der Waals surface area contributed by atoms with Crippen LogP contribution in [0.15, 0.2) is 27.5 Å². The molecule has 30 heavy (non-hydrogen) atoms. The number of ether oxygens (including phenoxy) is 1. The molecule has 1 saturated heterocycles. The number of halogens is 1. The van der Waals surface area contributed by atoms with Crippen LogP contribution in [0, 0.1) is 22.7 Å². The zero-order valence-electron chi connectivity index (χ0n) is 17.8. The van der Waals surface area contributed by atoms with E-state index < -0.39 is 5.60 Å². The van der Waals surface area contributed by atoms with Gasteiger partial charge in [0, 0.05) is 30.0 Å². The van der Waals surface area contributed by atoms with E-state index in [2.05, 4.69) is 26.9 Å². The van der Waals surface area contributed by atoms with Gasteiger partial charge in [-0.15, -0.1) is 0 Å². The first kappa shape index (κ1) is 20.9. The summed E-state index contributed by atoms with van der Waals surface area (Å²) < 4.78 is 7.97. The van der Waals surface area contributed by atoms with Gasteiger partial charge >= 0.3 is 5.97 Å². The molecule has 7 heteroatoms. The van der Waals surface area contributed by atoms with Crippen molar-refractivity contribution < 1.29 is 9.53 Å². The van der Waals surface area contributed by atoms with Crippen molar-refractivity contribution in [3.63, 3.8) is 0 Å². The Kier molecular flexibility index (Phi) is 4.97.